The van der Waals surface area contributed by atoms with Crippen molar-refractivity contribution in [3.63, 3.8) is 0 Å². The van der Waals surface area contributed by atoms with Crippen molar-refractivity contribution in [2.45, 2.75) is 31.2 Å². The summed E-state index contributed by atoms with van der Waals surface area (Å²) < 4.78 is 5.56. The molecule has 1 saturated heterocycles. The number of hydrogen-bond donors (Lipinski definition) is 2. The Hall–Kier alpha value is 0.0900. The first-order valence-corrected chi connectivity index (χ1v) is 7.39. The van der Waals surface area contributed by atoms with Crippen LogP contribution in [0.2, 0.25) is 0 Å². The van der Waals surface area contributed by atoms with Crippen molar-refractivity contribution in [2.24, 2.45) is 0 Å². The van der Waals surface area contributed by atoms with E-state index in [9.17, 15) is 4.79 Å². The third kappa shape index (κ3) is 6.29. The van der Waals surface area contributed by atoms with Gasteiger partial charge in [-0.3, -0.25) is 4.79 Å². The summed E-state index contributed by atoms with van der Waals surface area (Å²) >= 11 is 0. The van der Waals surface area contributed by atoms with Gasteiger partial charge in [-0.05, 0) is 19.1 Å². The lowest BCUT2D eigenvalue weighted by molar-refractivity contribution is -0.120. The third-order valence-corrected chi connectivity index (χ3v) is 3.84. The maximum Gasteiger partial charge on any atom is 0.217 e. The SMILES string of the molecule is CO.CSSC1OCCCC1NC(C)=O. The summed E-state index contributed by atoms with van der Waals surface area (Å²) in [5.74, 6) is 0.0298. The van der Waals surface area contributed by atoms with Crippen LogP contribution in [-0.2, 0) is 9.53 Å². The largest absolute Gasteiger partial charge is 0.400 e. The van der Waals surface area contributed by atoms with Gasteiger partial charge in [-0.2, -0.15) is 0 Å². The number of ether oxygens (including phenoxy) is 1. The van der Waals surface area contributed by atoms with Crippen LogP contribution in [0, 0.1) is 0 Å². The molecule has 0 bridgehead atoms. The van der Waals surface area contributed by atoms with Gasteiger partial charge < -0.3 is 15.2 Å². The van der Waals surface area contributed by atoms with E-state index in [4.69, 9.17) is 9.84 Å². The van der Waals surface area contributed by atoms with E-state index >= 15 is 0 Å². The molecule has 0 saturated carbocycles. The van der Waals surface area contributed by atoms with Crippen LogP contribution in [0.1, 0.15) is 19.8 Å². The normalized spacial score (nSPS) is 25.1. The standard InChI is InChI=1S/C8H15NO2S2.CH4O/c1-6(10)9-7-4-3-5-11-8(7)13-12-2;1-2/h7-8H,3-5H2,1-2H3,(H,9,10);2H,1H3. The van der Waals surface area contributed by atoms with Gasteiger partial charge in [0.25, 0.3) is 0 Å². The van der Waals surface area contributed by atoms with Gasteiger partial charge in [0.15, 0.2) is 0 Å². The van der Waals surface area contributed by atoms with E-state index in [0.29, 0.717) is 0 Å². The summed E-state index contributed by atoms with van der Waals surface area (Å²) in [5.41, 5.74) is 0.118. The van der Waals surface area contributed by atoms with E-state index in [-0.39, 0.29) is 17.4 Å². The molecule has 0 aliphatic carbocycles. The highest BCUT2D eigenvalue weighted by molar-refractivity contribution is 8.76. The number of amides is 1. The number of aliphatic hydroxyl groups is 1. The van der Waals surface area contributed by atoms with Crippen LogP contribution in [0.15, 0.2) is 0 Å². The first-order valence-electron chi connectivity index (χ1n) is 4.77. The van der Waals surface area contributed by atoms with Crippen molar-refractivity contribution < 1.29 is 14.6 Å². The van der Waals surface area contributed by atoms with Crippen molar-refractivity contribution in [3.05, 3.63) is 0 Å². The molecular formula is C9H19NO3S2. The Balaban J connectivity index is 0.000000921. The maximum absolute atomic E-state index is 10.9. The van der Waals surface area contributed by atoms with Gasteiger partial charge in [0.1, 0.15) is 5.44 Å². The van der Waals surface area contributed by atoms with Crippen LogP contribution in [0.4, 0.5) is 0 Å². The minimum Gasteiger partial charge on any atom is -0.400 e. The Morgan fingerprint density at radius 3 is 2.73 bits per heavy atom. The van der Waals surface area contributed by atoms with Gasteiger partial charge in [0.2, 0.25) is 5.91 Å². The van der Waals surface area contributed by atoms with E-state index in [1.807, 2.05) is 6.26 Å². The highest BCUT2D eigenvalue weighted by atomic mass is 33.1. The van der Waals surface area contributed by atoms with E-state index in [0.717, 1.165) is 26.6 Å². The summed E-state index contributed by atoms with van der Waals surface area (Å²) in [4.78, 5) is 10.9. The first-order chi connectivity index (χ1) is 7.24. The minimum absolute atomic E-state index is 0.0298. The monoisotopic (exact) mass is 253 g/mol. The average molecular weight is 253 g/mol. The van der Waals surface area contributed by atoms with E-state index < -0.39 is 0 Å². The predicted octanol–water partition coefficient (Wildman–Crippen LogP) is 1.25. The number of carbonyl (C=O) groups excluding carboxylic acids is 1. The molecule has 4 nitrogen and oxygen atoms in total. The molecule has 1 amide bonds. The molecule has 0 radical (unpaired) electrons. The van der Waals surface area contributed by atoms with Crippen molar-refractivity contribution in [3.8, 4) is 0 Å². The molecule has 2 atom stereocenters. The van der Waals surface area contributed by atoms with Crippen molar-refractivity contribution in [1.82, 2.24) is 5.32 Å². The van der Waals surface area contributed by atoms with Crippen molar-refractivity contribution >= 4 is 27.5 Å². The topological polar surface area (TPSA) is 58.6 Å². The van der Waals surface area contributed by atoms with Gasteiger partial charge in [-0.25, -0.2) is 0 Å². The highest BCUT2D eigenvalue weighted by Gasteiger charge is 2.26. The molecule has 15 heavy (non-hydrogen) atoms. The van der Waals surface area contributed by atoms with Crippen molar-refractivity contribution in [2.75, 3.05) is 20.0 Å². The zero-order valence-electron chi connectivity index (χ0n) is 9.36. The molecule has 2 unspecified atom stereocenters. The Bertz CT molecular complexity index is 179. The zero-order chi connectivity index (χ0) is 11.7. The zero-order valence-corrected chi connectivity index (χ0v) is 11.0. The van der Waals surface area contributed by atoms with E-state index in [1.165, 1.54) is 0 Å². The molecule has 2 N–H and O–H groups in total. The van der Waals surface area contributed by atoms with Gasteiger partial charge in [0, 0.05) is 20.6 Å². The highest BCUT2D eigenvalue weighted by Crippen LogP contribution is 2.31. The first kappa shape index (κ1) is 15.1. The number of nitrogens with one attached hydrogen (secondary N) is 1. The molecular weight excluding hydrogens is 234 g/mol. The molecule has 1 aliphatic heterocycles. The molecule has 90 valence electrons. The number of aliphatic hydroxyl groups excluding tert-OH is 1. The second kappa shape index (κ2) is 9.33. The number of hydrogen-bond acceptors (Lipinski definition) is 5. The molecule has 1 aliphatic rings. The summed E-state index contributed by atoms with van der Waals surface area (Å²) in [6.45, 7) is 2.36. The molecule has 1 fully saturated rings. The fourth-order valence-corrected chi connectivity index (χ4v) is 3.16. The van der Waals surface area contributed by atoms with Crippen LogP contribution in [0.3, 0.4) is 0 Å². The Kier molecular flexibility index (Phi) is 9.38. The number of carbonyl (C=O) groups is 1. The summed E-state index contributed by atoms with van der Waals surface area (Å²) in [5, 5.41) is 9.92. The smallest absolute Gasteiger partial charge is 0.217 e. The minimum atomic E-state index is 0.0298. The Morgan fingerprint density at radius 2 is 2.20 bits per heavy atom. The molecule has 6 heteroatoms. The lowest BCUT2D eigenvalue weighted by Crippen LogP contribution is -2.44. The van der Waals surface area contributed by atoms with Gasteiger partial charge in [0.05, 0.1) is 6.04 Å². The van der Waals surface area contributed by atoms with Crippen molar-refractivity contribution in [1.29, 1.82) is 0 Å². The van der Waals surface area contributed by atoms with Crippen LogP contribution >= 0.6 is 21.6 Å². The van der Waals surface area contributed by atoms with E-state index in [2.05, 4.69) is 5.32 Å². The van der Waals surface area contributed by atoms with Crippen LogP contribution in [-0.4, -0.2) is 42.5 Å². The van der Waals surface area contributed by atoms with Gasteiger partial charge in [-0.1, -0.05) is 21.6 Å². The maximum atomic E-state index is 10.9. The molecule has 1 rings (SSSR count). The molecule has 0 aromatic carbocycles. The Morgan fingerprint density at radius 1 is 1.53 bits per heavy atom. The summed E-state index contributed by atoms with van der Waals surface area (Å²) in [6.07, 6.45) is 4.08. The third-order valence-electron chi connectivity index (χ3n) is 1.85. The quantitative estimate of drug-likeness (QED) is 0.741. The molecule has 0 aromatic rings. The second-order valence-corrected chi connectivity index (χ2v) is 5.52. The van der Waals surface area contributed by atoms with E-state index in [1.54, 1.807) is 28.5 Å². The van der Waals surface area contributed by atoms with Gasteiger partial charge >= 0.3 is 0 Å². The summed E-state index contributed by atoms with van der Waals surface area (Å²) in [7, 11) is 4.36. The van der Waals surface area contributed by atoms with Gasteiger partial charge in [-0.15, -0.1) is 0 Å². The average Bonchev–Trinajstić information content (AvgIpc) is 2.23. The Labute approximate surface area is 98.9 Å². The van der Waals surface area contributed by atoms with Crippen LogP contribution in [0.5, 0.6) is 0 Å². The van der Waals surface area contributed by atoms with Crippen LogP contribution in [0.25, 0.3) is 0 Å². The predicted molar refractivity (Wildman–Crippen MR) is 65.8 cm³/mol. The lowest BCUT2D eigenvalue weighted by atomic mass is 10.1. The molecule has 0 aromatic heterocycles. The van der Waals surface area contributed by atoms with Crippen LogP contribution < -0.4 is 5.32 Å². The molecule has 0 spiro atoms. The summed E-state index contributed by atoms with van der Waals surface area (Å²) in [6, 6.07) is 0.184. The second-order valence-electron chi connectivity index (χ2n) is 2.95. The lowest BCUT2D eigenvalue weighted by Gasteiger charge is -2.30. The fraction of sp³-hybridized carbons (Fsp3) is 0.889. The fourth-order valence-electron chi connectivity index (χ4n) is 1.35. The number of rotatable bonds is 3. The molecule has 1 heterocycles.